The molecule has 0 spiro atoms. The molecular formula is C13H19N3OS. The molecule has 1 N–H and O–H groups in total. The number of nitrogens with one attached hydrogen (secondary N) is 1. The Balaban J connectivity index is 1.82. The van der Waals surface area contributed by atoms with Gasteiger partial charge in [0.05, 0.1) is 0 Å². The Kier molecular flexibility index (Phi) is 4.47. The Morgan fingerprint density at radius 3 is 3.06 bits per heavy atom. The Bertz CT molecular complexity index is 439. The molecule has 0 saturated heterocycles. The molecule has 0 saturated carbocycles. The minimum atomic E-state index is 0.0406. The van der Waals surface area contributed by atoms with Crippen LogP contribution < -0.4 is 5.32 Å². The first kappa shape index (κ1) is 13.2. The lowest BCUT2D eigenvalue weighted by atomic mass is 10.1. The standard InChI is InChI=1S/C13H19N3OS/c1-9(2)7-12-15-16-13(18-12)14-11(17)8-10-5-3-4-6-10/h3,5,9-10H,4,6-8H2,1-2H3,(H,14,16,17). The van der Waals surface area contributed by atoms with E-state index in [9.17, 15) is 4.79 Å². The molecule has 2 rings (SSSR count). The summed E-state index contributed by atoms with van der Waals surface area (Å²) < 4.78 is 0. The molecule has 0 aromatic carbocycles. The van der Waals surface area contributed by atoms with Gasteiger partial charge in [-0.2, -0.15) is 0 Å². The van der Waals surface area contributed by atoms with Gasteiger partial charge < -0.3 is 5.32 Å². The van der Waals surface area contributed by atoms with E-state index in [0.29, 0.717) is 23.4 Å². The van der Waals surface area contributed by atoms with Gasteiger partial charge in [0.15, 0.2) is 0 Å². The normalized spacial score (nSPS) is 18.5. The summed E-state index contributed by atoms with van der Waals surface area (Å²) in [5.41, 5.74) is 0. The summed E-state index contributed by atoms with van der Waals surface area (Å²) in [4.78, 5) is 11.8. The highest BCUT2D eigenvalue weighted by molar-refractivity contribution is 7.15. The van der Waals surface area contributed by atoms with Crippen molar-refractivity contribution in [2.75, 3.05) is 5.32 Å². The molecule has 0 aliphatic heterocycles. The highest BCUT2D eigenvalue weighted by atomic mass is 32.1. The molecule has 1 heterocycles. The van der Waals surface area contributed by atoms with Crippen LogP contribution in [-0.4, -0.2) is 16.1 Å². The molecule has 0 bridgehead atoms. The number of rotatable bonds is 5. The number of carbonyl (C=O) groups is 1. The van der Waals surface area contributed by atoms with E-state index in [-0.39, 0.29) is 5.91 Å². The molecule has 1 aromatic rings. The molecule has 18 heavy (non-hydrogen) atoms. The molecule has 4 nitrogen and oxygen atoms in total. The van der Waals surface area contributed by atoms with E-state index < -0.39 is 0 Å². The summed E-state index contributed by atoms with van der Waals surface area (Å²) in [5, 5.41) is 12.5. The van der Waals surface area contributed by atoms with Crippen LogP contribution in [0.25, 0.3) is 0 Å². The first-order valence-corrected chi connectivity index (χ1v) is 7.24. The summed E-state index contributed by atoms with van der Waals surface area (Å²) in [5.74, 6) is 0.997. The minimum Gasteiger partial charge on any atom is -0.301 e. The van der Waals surface area contributed by atoms with Crippen LogP contribution in [0.15, 0.2) is 12.2 Å². The van der Waals surface area contributed by atoms with Crippen LogP contribution in [0.2, 0.25) is 0 Å². The SMILES string of the molecule is CC(C)Cc1nnc(NC(=O)CC2C=CCC2)s1. The fourth-order valence-electron chi connectivity index (χ4n) is 2.01. The highest BCUT2D eigenvalue weighted by Gasteiger charge is 2.15. The zero-order valence-electron chi connectivity index (χ0n) is 10.8. The van der Waals surface area contributed by atoms with Gasteiger partial charge in [-0.05, 0) is 24.7 Å². The summed E-state index contributed by atoms with van der Waals surface area (Å²) in [6.45, 7) is 4.29. The van der Waals surface area contributed by atoms with Gasteiger partial charge in [0.1, 0.15) is 5.01 Å². The molecule has 1 unspecified atom stereocenters. The van der Waals surface area contributed by atoms with Crippen molar-refractivity contribution in [3.8, 4) is 0 Å². The molecule has 1 amide bonds. The average molecular weight is 265 g/mol. The van der Waals surface area contributed by atoms with Crippen molar-refractivity contribution in [3.05, 3.63) is 17.2 Å². The van der Waals surface area contributed by atoms with Gasteiger partial charge in [0.25, 0.3) is 0 Å². The van der Waals surface area contributed by atoms with E-state index >= 15 is 0 Å². The van der Waals surface area contributed by atoms with Crippen LogP contribution in [0, 0.1) is 11.8 Å². The number of hydrogen-bond acceptors (Lipinski definition) is 4. The molecule has 98 valence electrons. The lowest BCUT2D eigenvalue weighted by Gasteiger charge is -2.05. The summed E-state index contributed by atoms with van der Waals surface area (Å²) in [6, 6.07) is 0. The van der Waals surface area contributed by atoms with Crippen LogP contribution in [-0.2, 0) is 11.2 Å². The van der Waals surface area contributed by atoms with Crippen LogP contribution in [0.4, 0.5) is 5.13 Å². The largest absolute Gasteiger partial charge is 0.301 e. The summed E-state index contributed by atoms with van der Waals surface area (Å²) in [7, 11) is 0. The first-order valence-electron chi connectivity index (χ1n) is 6.42. The van der Waals surface area contributed by atoms with Gasteiger partial charge in [0, 0.05) is 12.8 Å². The third-order valence-electron chi connectivity index (χ3n) is 2.86. The molecule has 5 heteroatoms. The van der Waals surface area contributed by atoms with Gasteiger partial charge >= 0.3 is 0 Å². The van der Waals surface area contributed by atoms with Crippen LogP contribution in [0.5, 0.6) is 0 Å². The van der Waals surface area contributed by atoms with Crippen LogP contribution in [0.1, 0.15) is 38.1 Å². The number of allylic oxidation sites excluding steroid dienone is 2. The minimum absolute atomic E-state index is 0.0406. The first-order chi connectivity index (χ1) is 8.63. The average Bonchev–Trinajstić information content (AvgIpc) is 2.89. The van der Waals surface area contributed by atoms with E-state index in [2.05, 4.69) is 41.5 Å². The van der Waals surface area contributed by atoms with E-state index in [1.165, 1.54) is 11.3 Å². The molecule has 1 aromatic heterocycles. The second kappa shape index (κ2) is 6.09. The lowest BCUT2D eigenvalue weighted by molar-refractivity contribution is -0.116. The van der Waals surface area contributed by atoms with E-state index in [4.69, 9.17) is 0 Å². The number of amides is 1. The molecule has 0 radical (unpaired) electrons. The third kappa shape index (κ3) is 3.91. The smallest absolute Gasteiger partial charge is 0.226 e. The summed E-state index contributed by atoms with van der Waals surface area (Å²) in [6.07, 6.45) is 7.92. The molecule has 1 aliphatic carbocycles. The monoisotopic (exact) mass is 265 g/mol. The predicted octanol–water partition coefficient (Wildman–Crippen LogP) is 3.03. The number of nitrogens with zero attached hydrogens (tertiary/aromatic N) is 2. The number of carbonyl (C=O) groups excluding carboxylic acids is 1. The zero-order chi connectivity index (χ0) is 13.0. The maximum Gasteiger partial charge on any atom is 0.226 e. The van der Waals surface area contributed by atoms with Crippen LogP contribution >= 0.6 is 11.3 Å². The van der Waals surface area contributed by atoms with Gasteiger partial charge in [-0.1, -0.05) is 37.3 Å². The second-order valence-corrected chi connectivity index (χ2v) is 6.18. The van der Waals surface area contributed by atoms with Crippen molar-refractivity contribution in [3.63, 3.8) is 0 Å². The molecule has 0 fully saturated rings. The number of anilines is 1. The Morgan fingerprint density at radius 1 is 1.56 bits per heavy atom. The van der Waals surface area contributed by atoms with Crippen molar-refractivity contribution < 1.29 is 4.79 Å². The van der Waals surface area contributed by atoms with E-state index in [1.807, 2.05) is 0 Å². The molecule has 1 atom stereocenters. The van der Waals surface area contributed by atoms with E-state index in [0.717, 1.165) is 24.3 Å². The highest BCUT2D eigenvalue weighted by Crippen LogP contribution is 2.22. The Labute approximate surface area is 112 Å². The Morgan fingerprint density at radius 2 is 2.39 bits per heavy atom. The maximum atomic E-state index is 11.8. The maximum absolute atomic E-state index is 11.8. The second-order valence-electron chi connectivity index (χ2n) is 5.12. The lowest BCUT2D eigenvalue weighted by Crippen LogP contribution is -2.14. The van der Waals surface area contributed by atoms with E-state index in [1.54, 1.807) is 0 Å². The fraction of sp³-hybridized carbons (Fsp3) is 0.615. The fourth-order valence-corrected chi connectivity index (χ4v) is 2.98. The van der Waals surface area contributed by atoms with Crippen molar-refractivity contribution >= 4 is 22.4 Å². The van der Waals surface area contributed by atoms with Crippen LogP contribution in [0.3, 0.4) is 0 Å². The van der Waals surface area contributed by atoms with Gasteiger partial charge in [-0.25, -0.2) is 0 Å². The topological polar surface area (TPSA) is 54.9 Å². The van der Waals surface area contributed by atoms with Gasteiger partial charge in [0.2, 0.25) is 11.0 Å². The van der Waals surface area contributed by atoms with Gasteiger partial charge in [-0.15, -0.1) is 10.2 Å². The summed E-state index contributed by atoms with van der Waals surface area (Å²) >= 11 is 1.48. The molecule has 1 aliphatic rings. The number of aromatic nitrogens is 2. The van der Waals surface area contributed by atoms with Crippen molar-refractivity contribution in [2.45, 2.75) is 39.5 Å². The quantitative estimate of drug-likeness (QED) is 0.833. The van der Waals surface area contributed by atoms with Crippen molar-refractivity contribution in [1.82, 2.24) is 10.2 Å². The van der Waals surface area contributed by atoms with Crippen molar-refractivity contribution in [1.29, 1.82) is 0 Å². The Hall–Kier alpha value is -1.23. The zero-order valence-corrected chi connectivity index (χ0v) is 11.7. The van der Waals surface area contributed by atoms with Crippen molar-refractivity contribution in [2.24, 2.45) is 11.8 Å². The number of hydrogen-bond donors (Lipinski definition) is 1. The van der Waals surface area contributed by atoms with Gasteiger partial charge in [-0.3, -0.25) is 4.79 Å². The predicted molar refractivity (Wildman–Crippen MR) is 73.6 cm³/mol. The third-order valence-corrected chi connectivity index (χ3v) is 3.72. The molecular weight excluding hydrogens is 246 g/mol.